The Labute approximate surface area is 196 Å². The maximum Gasteiger partial charge on any atom is 0.251 e. The van der Waals surface area contributed by atoms with Gasteiger partial charge in [-0.2, -0.15) is 5.10 Å². The molecule has 0 unspecified atom stereocenters. The first kappa shape index (κ1) is 24.0. The molecule has 0 atom stereocenters. The van der Waals surface area contributed by atoms with E-state index in [0.29, 0.717) is 18.7 Å². The van der Waals surface area contributed by atoms with Crippen LogP contribution in [0.1, 0.15) is 54.7 Å². The van der Waals surface area contributed by atoms with Crippen molar-refractivity contribution < 1.29 is 4.79 Å². The lowest BCUT2D eigenvalue weighted by Gasteiger charge is -2.20. The van der Waals surface area contributed by atoms with Crippen molar-refractivity contribution in [2.75, 3.05) is 6.54 Å². The third kappa shape index (κ3) is 7.79. The minimum Gasteiger partial charge on any atom is -0.357 e. The highest BCUT2D eigenvalue weighted by Gasteiger charge is 2.15. The van der Waals surface area contributed by atoms with Crippen molar-refractivity contribution in [2.24, 2.45) is 4.99 Å². The van der Waals surface area contributed by atoms with Crippen LogP contribution < -0.4 is 16.0 Å². The van der Waals surface area contributed by atoms with Gasteiger partial charge in [0.1, 0.15) is 0 Å². The van der Waals surface area contributed by atoms with Crippen LogP contribution in [-0.4, -0.2) is 33.7 Å². The summed E-state index contributed by atoms with van der Waals surface area (Å²) < 4.78 is 1.92. The van der Waals surface area contributed by atoms with E-state index in [2.05, 4.69) is 33.2 Å². The number of guanidine groups is 1. The van der Waals surface area contributed by atoms with Gasteiger partial charge in [0.25, 0.3) is 5.91 Å². The number of carbonyl (C=O) groups is 1. The number of benzene rings is 2. The van der Waals surface area contributed by atoms with E-state index in [1.165, 1.54) is 11.1 Å². The van der Waals surface area contributed by atoms with Crippen LogP contribution in [0.2, 0.25) is 0 Å². The molecular weight excluding hydrogens is 412 g/mol. The molecule has 3 rings (SSSR count). The first-order valence-corrected chi connectivity index (χ1v) is 11.3. The number of hydrogen-bond donors (Lipinski definition) is 3. The van der Waals surface area contributed by atoms with Gasteiger partial charge in [-0.25, -0.2) is 4.99 Å². The third-order valence-electron chi connectivity index (χ3n) is 4.90. The third-order valence-corrected chi connectivity index (χ3v) is 4.90. The standard InChI is InChI=1S/C26H34N6O/c1-5-27-25(28-17-20-10-8-13-21(16-20)24(33)31-26(2,3)4)29-18-22-11-6-7-12-23(22)19-32-15-9-14-30-32/h6-16H,5,17-19H2,1-4H3,(H,31,33)(H2,27,28,29). The topological polar surface area (TPSA) is 83.3 Å². The second-order valence-electron chi connectivity index (χ2n) is 8.93. The number of aromatic nitrogens is 2. The van der Waals surface area contributed by atoms with Crippen LogP contribution in [0, 0.1) is 0 Å². The molecule has 1 aromatic heterocycles. The zero-order valence-corrected chi connectivity index (χ0v) is 19.9. The quantitative estimate of drug-likeness (QED) is 0.364. The molecule has 3 aromatic rings. The molecular formula is C26H34N6O. The Morgan fingerprint density at radius 1 is 1.03 bits per heavy atom. The fraction of sp³-hybridized carbons (Fsp3) is 0.346. The van der Waals surface area contributed by atoms with E-state index in [4.69, 9.17) is 4.99 Å². The number of hydrogen-bond acceptors (Lipinski definition) is 3. The van der Waals surface area contributed by atoms with Crippen LogP contribution in [-0.2, 0) is 19.6 Å². The summed E-state index contributed by atoms with van der Waals surface area (Å²) in [5.41, 5.74) is 3.75. The highest BCUT2D eigenvalue weighted by molar-refractivity contribution is 5.94. The molecule has 2 aromatic carbocycles. The first-order valence-electron chi connectivity index (χ1n) is 11.3. The molecule has 0 bridgehead atoms. The van der Waals surface area contributed by atoms with Crippen LogP contribution >= 0.6 is 0 Å². The van der Waals surface area contributed by atoms with Crippen molar-refractivity contribution in [1.29, 1.82) is 0 Å². The average Bonchev–Trinajstić information content (AvgIpc) is 3.29. The second kappa shape index (κ2) is 11.3. The molecule has 0 aliphatic carbocycles. The average molecular weight is 447 g/mol. The van der Waals surface area contributed by atoms with Gasteiger partial charge < -0.3 is 16.0 Å². The van der Waals surface area contributed by atoms with E-state index >= 15 is 0 Å². The molecule has 0 saturated heterocycles. The van der Waals surface area contributed by atoms with E-state index in [1.807, 2.05) is 81.0 Å². The monoisotopic (exact) mass is 446 g/mol. The summed E-state index contributed by atoms with van der Waals surface area (Å²) in [7, 11) is 0. The number of amides is 1. The van der Waals surface area contributed by atoms with Gasteiger partial charge in [0.15, 0.2) is 5.96 Å². The van der Waals surface area contributed by atoms with E-state index in [1.54, 1.807) is 6.20 Å². The maximum absolute atomic E-state index is 12.5. The zero-order chi connectivity index (χ0) is 23.7. The summed E-state index contributed by atoms with van der Waals surface area (Å²) >= 11 is 0. The van der Waals surface area contributed by atoms with E-state index in [9.17, 15) is 4.79 Å². The van der Waals surface area contributed by atoms with Crippen molar-refractivity contribution in [1.82, 2.24) is 25.7 Å². The summed E-state index contributed by atoms with van der Waals surface area (Å²) in [6.45, 7) is 10.6. The molecule has 1 amide bonds. The van der Waals surface area contributed by atoms with E-state index < -0.39 is 0 Å². The summed E-state index contributed by atoms with van der Waals surface area (Å²) in [4.78, 5) is 17.2. The van der Waals surface area contributed by atoms with Gasteiger partial charge >= 0.3 is 0 Å². The summed E-state index contributed by atoms with van der Waals surface area (Å²) in [6, 6.07) is 17.9. The Morgan fingerprint density at radius 2 is 1.82 bits per heavy atom. The SMILES string of the molecule is CCNC(=NCc1cccc(C(=O)NC(C)(C)C)c1)NCc1ccccc1Cn1cccn1. The smallest absolute Gasteiger partial charge is 0.251 e. The Morgan fingerprint density at radius 3 is 2.52 bits per heavy atom. The predicted octanol–water partition coefficient (Wildman–Crippen LogP) is 3.72. The predicted molar refractivity (Wildman–Crippen MR) is 133 cm³/mol. The minimum atomic E-state index is -0.277. The largest absolute Gasteiger partial charge is 0.357 e. The van der Waals surface area contributed by atoms with Crippen molar-refractivity contribution in [3.63, 3.8) is 0 Å². The molecule has 0 aliphatic heterocycles. The van der Waals surface area contributed by atoms with Gasteiger partial charge in [0, 0.05) is 36.6 Å². The van der Waals surface area contributed by atoms with Crippen molar-refractivity contribution in [2.45, 2.75) is 52.9 Å². The molecule has 0 radical (unpaired) electrons. The number of carbonyl (C=O) groups excluding carboxylic acids is 1. The van der Waals surface area contributed by atoms with Crippen LogP contribution in [0.5, 0.6) is 0 Å². The van der Waals surface area contributed by atoms with Crippen molar-refractivity contribution in [3.8, 4) is 0 Å². The number of aliphatic imine (C=N–C) groups is 1. The lowest BCUT2D eigenvalue weighted by molar-refractivity contribution is 0.0919. The Balaban J connectivity index is 1.66. The first-order chi connectivity index (χ1) is 15.8. The maximum atomic E-state index is 12.5. The molecule has 0 saturated carbocycles. The number of nitrogens with zero attached hydrogens (tertiary/aromatic N) is 3. The summed E-state index contributed by atoms with van der Waals surface area (Å²) in [5.74, 6) is 0.656. The van der Waals surface area contributed by atoms with Crippen LogP contribution in [0.3, 0.4) is 0 Å². The highest BCUT2D eigenvalue weighted by atomic mass is 16.1. The Kier molecular flexibility index (Phi) is 8.24. The fourth-order valence-corrected chi connectivity index (χ4v) is 3.37. The van der Waals surface area contributed by atoms with Crippen LogP contribution in [0.4, 0.5) is 0 Å². The van der Waals surface area contributed by atoms with Crippen LogP contribution in [0.25, 0.3) is 0 Å². The number of nitrogens with one attached hydrogen (secondary N) is 3. The lowest BCUT2D eigenvalue weighted by atomic mass is 10.1. The molecule has 33 heavy (non-hydrogen) atoms. The molecule has 0 spiro atoms. The van der Waals surface area contributed by atoms with Crippen LogP contribution in [0.15, 0.2) is 72.0 Å². The second-order valence-corrected chi connectivity index (χ2v) is 8.93. The lowest BCUT2D eigenvalue weighted by Crippen LogP contribution is -2.40. The Hall–Kier alpha value is -3.61. The van der Waals surface area contributed by atoms with Gasteiger partial charge in [-0.3, -0.25) is 9.48 Å². The minimum absolute atomic E-state index is 0.0767. The van der Waals surface area contributed by atoms with E-state index in [0.717, 1.165) is 24.6 Å². The Bertz CT molecular complexity index is 1070. The van der Waals surface area contributed by atoms with E-state index in [-0.39, 0.29) is 11.4 Å². The fourth-order valence-electron chi connectivity index (χ4n) is 3.37. The molecule has 0 aliphatic rings. The van der Waals surface area contributed by atoms with Crippen molar-refractivity contribution in [3.05, 3.63) is 89.2 Å². The van der Waals surface area contributed by atoms with Crippen molar-refractivity contribution >= 4 is 11.9 Å². The molecule has 1 heterocycles. The summed E-state index contributed by atoms with van der Waals surface area (Å²) in [5, 5.41) is 14.0. The summed E-state index contributed by atoms with van der Waals surface area (Å²) in [6.07, 6.45) is 3.75. The van der Waals surface area contributed by atoms with Gasteiger partial charge in [-0.1, -0.05) is 36.4 Å². The molecule has 174 valence electrons. The zero-order valence-electron chi connectivity index (χ0n) is 19.9. The van der Waals surface area contributed by atoms with Gasteiger partial charge in [-0.15, -0.1) is 0 Å². The molecule has 7 heteroatoms. The highest BCUT2D eigenvalue weighted by Crippen LogP contribution is 2.11. The van der Waals surface area contributed by atoms with Gasteiger partial charge in [-0.05, 0) is 62.6 Å². The molecule has 0 fully saturated rings. The molecule has 3 N–H and O–H groups in total. The van der Waals surface area contributed by atoms with Gasteiger partial charge in [0.2, 0.25) is 0 Å². The number of rotatable bonds is 8. The molecule has 7 nitrogen and oxygen atoms in total. The normalized spacial score (nSPS) is 11.8. The van der Waals surface area contributed by atoms with Gasteiger partial charge in [0.05, 0.1) is 13.1 Å².